The van der Waals surface area contributed by atoms with Crippen molar-refractivity contribution in [1.29, 1.82) is 5.26 Å². The monoisotopic (exact) mass is 293 g/mol. The van der Waals surface area contributed by atoms with Gasteiger partial charge in [0.2, 0.25) is 0 Å². The highest BCUT2D eigenvalue weighted by atomic mass is 32.2. The number of nitrogens with zero attached hydrogens (tertiary/aromatic N) is 1. The third-order valence-corrected chi connectivity index (χ3v) is 4.75. The minimum atomic E-state index is -3.24. The summed E-state index contributed by atoms with van der Waals surface area (Å²) < 4.78 is 29.0. The van der Waals surface area contributed by atoms with Crippen molar-refractivity contribution < 1.29 is 13.2 Å². The zero-order valence-corrected chi connectivity index (χ0v) is 12.4. The van der Waals surface area contributed by atoms with Crippen molar-refractivity contribution in [3.05, 3.63) is 24.3 Å². The summed E-state index contributed by atoms with van der Waals surface area (Å²) in [6.45, 7) is 0. The highest BCUT2D eigenvalue weighted by Gasteiger charge is 2.25. The molecular formula is C15H19NO3S. The standard InChI is InChI=1S/C15H19NO3S/c1-20(17,18)14-8-5-7-13(10-14)19-15-9-4-2-3-6-12(15)11-16/h5,7-8,10,12,15H,2-4,6,9H2,1H3. The number of rotatable bonds is 3. The molecule has 0 N–H and O–H groups in total. The molecule has 1 fully saturated rings. The van der Waals surface area contributed by atoms with E-state index in [1.807, 2.05) is 0 Å². The maximum absolute atomic E-state index is 11.5. The van der Waals surface area contributed by atoms with E-state index in [0.29, 0.717) is 5.75 Å². The van der Waals surface area contributed by atoms with Gasteiger partial charge in [-0.15, -0.1) is 0 Å². The minimum Gasteiger partial charge on any atom is -0.489 e. The molecule has 0 radical (unpaired) electrons. The van der Waals surface area contributed by atoms with E-state index in [2.05, 4.69) is 6.07 Å². The van der Waals surface area contributed by atoms with E-state index in [1.165, 1.54) is 12.3 Å². The predicted octanol–water partition coefficient (Wildman–Crippen LogP) is 2.94. The van der Waals surface area contributed by atoms with Gasteiger partial charge < -0.3 is 4.74 Å². The highest BCUT2D eigenvalue weighted by molar-refractivity contribution is 7.90. The lowest BCUT2D eigenvalue weighted by atomic mass is 9.99. The van der Waals surface area contributed by atoms with Crippen LogP contribution in [0.2, 0.25) is 0 Å². The van der Waals surface area contributed by atoms with Crippen LogP contribution in [-0.2, 0) is 9.84 Å². The summed E-state index contributed by atoms with van der Waals surface area (Å²) in [4.78, 5) is 0.247. The number of nitriles is 1. The van der Waals surface area contributed by atoms with Crippen LogP contribution in [0, 0.1) is 17.2 Å². The van der Waals surface area contributed by atoms with Gasteiger partial charge in [-0.1, -0.05) is 18.9 Å². The van der Waals surface area contributed by atoms with Gasteiger partial charge in [0.15, 0.2) is 9.84 Å². The third-order valence-electron chi connectivity index (χ3n) is 3.64. The fraction of sp³-hybridized carbons (Fsp3) is 0.533. The van der Waals surface area contributed by atoms with Crippen molar-refractivity contribution in [3.8, 4) is 11.8 Å². The highest BCUT2D eigenvalue weighted by Crippen LogP contribution is 2.28. The molecule has 1 aliphatic rings. The van der Waals surface area contributed by atoms with E-state index in [1.54, 1.807) is 18.2 Å². The molecule has 5 heteroatoms. The number of sulfone groups is 1. The fourth-order valence-corrected chi connectivity index (χ4v) is 3.17. The van der Waals surface area contributed by atoms with Crippen LogP contribution in [0.4, 0.5) is 0 Å². The van der Waals surface area contributed by atoms with E-state index in [0.717, 1.165) is 32.1 Å². The zero-order chi connectivity index (χ0) is 14.6. The van der Waals surface area contributed by atoms with E-state index < -0.39 is 9.84 Å². The second kappa shape index (κ2) is 6.27. The van der Waals surface area contributed by atoms with Crippen molar-refractivity contribution in [3.63, 3.8) is 0 Å². The summed E-state index contributed by atoms with van der Waals surface area (Å²) in [6, 6.07) is 8.82. The Bertz CT molecular complexity index is 604. The van der Waals surface area contributed by atoms with Gasteiger partial charge in [-0.05, 0) is 37.5 Å². The third kappa shape index (κ3) is 3.73. The van der Waals surface area contributed by atoms with Crippen LogP contribution in [0.25, 0.3) is 0 Å². The van der Waals surface area contributed by atoms with Gasteiger partial charge in [0.1, 0.15) is 11.9 Å². The topological polar surface area (TPSA) is 67.2 Å². The van der Waals surface area contributed by atoms with Gasteiger partial charge in [-0.25, -0.2) is 8.42 Å². The van der Waals surface area contributed by atoms with Crippen LogP contribution in [-0.4, -0.2) is 20.8 Å². The first-order chi connectivity index (χ1) is 9.50. The Balaban J connectivity index is 2.18. The molecule has 4 nitrogen and oxygen atoms in total. The number of hydrogen-bond acceptors (Lipinski definition) is 4. The number of ether oxygens (including phenoxy) is 1. The lowest BCUT2D eigenvalue weighted by molar-refractivity contribution is 0.151. The largest absolute Gasteiger partial charge is 0.489 e. The molecule has 108 valence electrons. The first-order valence-electron chi connectivity index (χ1n) is 6.87. The van der Waals surface area contributed by atoms with Crippen molar-refractivity contribution in [2.75, 3.05) is 6.26 Å². The predicted molar refractivity (Wildman–Crippen MR) is 76.2 cm³/mol. The fourth-order valence-electron chi connectivity index (χ4n) is 2.52. The van der Waals surface area contributed by atoms with Gasteiger partial charge in [0.25, 0.3) is 0 Å². The first kappa shape index (κ1) is 14.9. The van der Waals surface area contributed by atoms with Crippen LogP contribution in [0.5, 0.6) is 5.75 Å². The summed E-state index contributed by atoms with van der Waals surface area (Å²) in [5.74, 6) is 0.416. The molecule has 1 saturated carbocycles. The van der Waals surface area contributed by atoms with Crippen LogP contribution < -0.4 is 4.74 Å². The van der Waals surface area contributed by atoms with E-state index in [4.69, 9.17) is 4.74 Å². The van der Waals surface area contributed by atoms with Gasteiger partial charge in [0.05, 0.1) is 16.9 Å². The summed E-state index contributed by atoms with van der Waals surface area (Å²) in [7, 11) is -3.24. The zero-order valence-electron chi connectivity index (χ0n) is 11.6. The smallest absolute Gasteiger partial charge is 0.175 e. The summed E-state index contributed by atoms with van der Waals surface area (Å²) >= 11 is 0. The molecule has 0 aromatic heterocycles. The maximum atomic E-state index is 11.5. The van der Waals surface area contributed by atoms with Crippen molar-refractivity contribution >= 4 is 9.84 Å². The van der Waals surface area contributed by atoms with Gasteiger partial charge in [-0.3, -0.25) is 0 Å². The molecule has 0 amide bonds. The van der Waals surface area contributed by atoms with E-state index in [9.17, 15) is 13.7 Å². The molecule has 1 aromatic carbocycles. The molecule has 1 aliphatic carbocycles. The summed E-state index contributed by atoms with van der Waals surface area (Å²) in [6.07, 6.45) is 5.97. The molecule has 0 heterocycles. The second-order valence-corrected chi connectivity index (χ2v) is 7.29. The van der Waals surface area contributed by atoms with Crippen LogP contribution in [0.15, 0.2) is 29.2 Å². The molecule has 2 atom stereocenters. The lowest BCUT2D eigenvalue weighted by Gasteiger charge is -2.21. The molecule has 1 aromatic rings. The molecule has 0 bridgehead atoms. The quantitative estimate of drug-likeness (QED) is 0.804. The van der Waals surface area contributed by atoms with Crippen LogP contribution in [0.1, 0.15) is 32.1 Å². The van der Waals surface area contributed by atoms with Crippen molar-refractivity contribution in [2.45, 2.75) is 43.1 Å². The maximum Gasteiger partial charge on any atom is 0.175 e. The van der Waals surface area contributed by atoms with Crippen LogP contribution in [0.3, 0.4) is 0 Å². The Morgan fingerprint density at radius 1 is 1.25 bits per heavy atom. The Morgan fingerprint density at radius 2 is 2.00 bits per heavy atom. The molecule has 2 rings (SSSR count). The average molecular weight is 293 g/mol. The van der Waals surface area contributed by atoms with Crippen molar-refractivity contribution in [2.24, 2.45) is 5.92 Å². The SMILES string of the molecule is CS(=O)(=O)c1cccc(OC2CCCCCC2C#N)c1. The molecule has 0 spiro atoms. The summed E-state index contributed by atoms with van der Waals surface area (Å²) in [5.41, 5.74) is 0. The molecule has 0 aliphatic heterocycles. The van der Waals surface area contributed by atoms with Crippen molar-refractivity contribution in [1.82, 2.24) is 0 Å². The Kier molecular flexibility index (Phi) is 4.66. The van der Waals surface area contributed by atoms with E-state index >= 15 is 0 Å². The second-order valence-electron chi connectivity index (χ2n) is 5.28. The molecule has 20 heavy (non-hydrogen) atoms. The summed E-state index contributed by atoms with van der Waals surface area (Å²) in [5, 5.41) is 9.22. The minimum absolute atomic E-state index is 0.112. The lowest BCUT2D eigenvalue weighted by Crippen LogP contribution is -2.25. The number of benzene rings is 1. The number of hydrogen-bond donors (Lipinski definition) is 0. The Morgan fingerprint density at radius 3 is 2.70 bits per heavy atom. The Hall–Kier alpha value is -1.54. The normalized spacial score (nSPS) is 23.6. The van der Waals surface area contributed by atoms with Crippen LogP contribution >= 0.6 is 0 Å². The average Bonchev–Trinajstić information content (AvgIpc) is 2.63. The van der Waals surface area contributed by atoms with Gasteiger partial charge >= 0.3 is 0 Å². The first-order valence-corrected chi connectivity index (χ1v) is 8.76. The van der Waals surface area contributed by atoms with Gasteiger partial charge in [-0.2, -0.15) is 5.26 Å². The molecule has 2 unspecified atom stereocenters. The molecular weight excluding hydrogens is 274 g/mol. The molecule has 0 saturated heterocycles. The van der Waals surface area contributed by atoms with E-state index in [-0.39, 0.29) is 16.9 Å². The van der Waals surface area contributed by atoms with Gasteiger partial charge in [0, 0.05) is 6.26 Å². The Labute approximate surface area is 120 Å².